The van der Waals surface area contributed by atoms with Gasteiger partial charge in [0.2, 0.25) is 0 Å². The number of ether oxygens (including phenoxy) is 3. The molecule has 19 heavy (non-hydrogen) atoms. The minimum absolute atomic E-state index is 0.348. The molecule has 0 aliphatic carbocycles. The SMILES string of the molecule is CC(=O)Oc1ccc(C(OC(C)=O)OC(C)=O)cc1. The molecular formula is C13H14O6. The quantitative estimate of drug-likeness (QED) is 0.469. The zero-order valence-corrected chi connectivity index (χ0v) is 10.8. The fourth-order valence-electron chi connectivity index (χ4n) is 1.32. The Morgan fingerprint density at radius 2 is 1.32 bits per heavy atom. The number of carbonyl (C=O) groups is 3. The Hall–Kier alpha value is -2.37. The van der Waals surface area contributed by atoms with E-state index in [4.69, 9.17) is 14.2 Å². The highest BCUT2D eigenvalue weighted by molar-refractivity contribution is 5.69. The van der Waals surface area contributed by atoms with Gasteiger partial charge < -0.3 is 14.2 Å². The van der Waals surface area contributed by atoms with Crippen molar-refractivity contribution < 1.29 is 28.6 Å². The zero-order valence-electron chi connectivity index (χ0n) is 10.8. The third-order valence-corrected chi connectivity index (χ3v) is 1.96. The van der Waals surface area contributed by atoms with Gasteiger partial charge in [0.05, 0.1) is 0 Å². The van der Waals surface area contributed by atoms with E-state index in [9.17, 15) is 14.4 Å². The molecule has 0 unspecified atom stereocenters. The van der Waals surface area contributed by atoms with E-state index in [1.807, 2.05) is 0 Å². The molecule has 0 aliphatic heterocycles. The number of hydrogen-bond donors (Lipinski definition) is 0. The van der Waals surface area contributed by atoms with E-state index in [1.54, 1.807) is 0 Å². The van der Waals surface area contributed by atoms with Gasteiger partial charge in [0.25, 0.3) is 6.29 Å². The fraction of sp³-hybridized carbons (Fsp3) is 0.308. The van der Waals surface area contributed by atoms with Gasteiger partial charge in [0, 0.05) is 26.3 Å². The van der Waals surface area contributed by atoms with Crippen molar-refractivity contribution in [3.8, 4) is 5.75 Å². The summed E-state index contributed by atoms with van der Waals surface area (Å²) in [7, 11) is 0. The van der Waals surface area contributed by atoms with E-state index in [0.717, 1.165) is 0 Å². The normalized spacial score (nSPS) is 9.89. The van der Waals surface area contributed by atoms with Crippen LogP contribution in [0.1, 0.15) is 32.6 Å². The molecule has 0 atom stereocenters. The van der Waals surface area contributed by atoms with Crippen LogP contribution in [0.4, 0.5) is 0 Å². The molecule has 0 N–H and O–H groups in total. The van der Waals surface area contributed by atoms with Crippen LogP contribution >= 0.6 is 0 Å². The number of rotatable bonds is 4. The highest BCUT2D eigenvalue weighted by Crippen LogP contribution is 2.22. The van der Waals surface area contributed by atoms with Crippen LogP contribution in [0.3, 0.4) is 0 Å². The molecule has 1 aromatic carbocycles. The van der Waals surface area contributed by atoms with Crippen LogP contribution in [-0.2, 0) is 23.9 Å². The summed E-state index contributed by atoms with van der Waals surface area (Å²) in [6.07, 6.45) is -1.11. The second kappa shape index (κ2) is 6.53. The first kappa shape index (κ1) is 14.7. The summed E-state index contributed by atoms with van der Waals surface area (Å²) in [6.45, 7) is 3.71. The topological polar surface area (TPSA) is 78.9 Å². The highest BCUT2D eigenvalue weighted by atomic mass is 16.7. The van der Waals surface area contributed by atoms with Gasteiger partial charge in [-0.2, -0.15) is 0 Å². The highest BCUT2D eigenvalue weighted by Gasteiger charge is 2.18. The lowest BCUT2D eigenvalue weighted by molar-refractivity contribution is -0.186. The molecule has 6 heteroatoms. The number of esters is 3. The monoisotopic (exact) mass is 266 g/mol. The van der Waals surface area contributed by atoms with Crippen molar-refractivity contribution in [3.05, 3.63) is 29.8 Å². The van der Waals surface area contributed by atoms with Crippen molar-refractivity contribution in [3.63, 3.8) is 0 Å². The summed E-state index contributed by atoms with van der Waals surface area (Å²) in [6, 6.07) is 6.09. The lowest BCUT2D eigenvalue weighted by atomic mass is 10.2. The van der Waals surface area contributed by atoms with Crippen molar-refractivity contribution >= 4 is 17.9 Å². The molecule has 0 aliphatic rings. The Morgan fingerprint density at radius 3 is 1.68 bits per heavy atom. The van der Waals surface area contributed by atoms with E-state index < -0.39 is 24.2 Å². The lowest BCUT2D eigenvalue weighted by Gasteiger charge is -2.17. The molecule has 0 heterocycles. The number of hydrogen-bond acceptors (Lipinski definition) is 6. The van der Waals surface area contributed by atoms with E-state index in [1.165, 1.54) is 45.0 Å². The van der Waals surface area contributed by atoms with Gasteiger partial charge in [-0.05, 0) is 24.3 Å². The Bertz CT molecular complexity index is 460. The van der Waals surface area contributed by atoms with Gasteiger partial charge >= 0.3 is 17.9 Å². The van der Waals surface area contributed by atoms with Crippen LogP contribution in [0.5, 0.6) is 5.75 Å². The van der Waals surface area contributed by atoms with Crippen LogP contribution in [0.25, 0.3) is 0 Å². The summed E-state index contributed by atoms with van der Waals surface area (Å²) in [4.78, 5) is 32.6. The third-order valence-electron chi connectivity index (χ3n) is 1.96. The first-order valence-corrected chi connectivity index (χ1v) is 5.51. The van der Waals surface area contributed by atoms with E-state index in [-0.39, 0.29) is 0 Å². The Kier molecular flexibility index (Phi) is 5.05. The molecule has 0 spiro atoms. The number of benzene rings is 1. The maximum atomic E-state index is 10.9. The standard InChI is InChI=1S/C13H14O6/c1-8(14)17-12-6-4-11(5-7-12)13(18-9(2)15)19-10(3)16/h4-7,13H,1-3H3. The van der Waals surface area contributed by atoms with Crippen molar-refractivity contribution in [1.29, 1.82) is 0 Å². The average Bonchev–Trinajstić information content (AvgIpc) is 2.27. The van der Waals surface area contributed by atoms with Crippen LogP contribution in [0.15, 0.2) is 24.3 Å². The molecule has 0 saturated carbocycles. The maximum Gasteiger partial charge on any atom is 0.308 e. The zero-order chi connectivity index (χ0) is 14.4. The largest absolute Gasteiger partial charge is 0.427 e. The third kappa shape index (κ3) is 5.20. The maximum absolute atomic E-state index is 10.9. The van der Waals surface area contributed by atoms with Crippen molar-refractivity contribution in [2.45, 2.75) is 27.1 Å². The van der Waals surface area contributed by atoms with Crippen molar-refractivity contribution in [2.75, 3.05) is 0 Å². The number of carbonyl (C=O) groups excluding carboxylic acids is 3. The van der Waals surface area contributed by atoms with Crippen molar-refractivity contribution in [1.82, 2.24) is 0 Å². The van der Waals surface area contributed by atoms with Crippen LogP contribution in [0.2, 0.25) is 0 Å². The van der Waals surface area contributed by atoms with Gasteiger partial charge in [0.15, 0.2) is 0 Å². The molecular weight excluding hydrogens is 252 g/mol. The Morgan fingerprint density at radius 1 is 0.842 bits per heavy atom. The van der Waals surface area contributed by atoms with Crippen LogP contribution in [-0.4, -0.2) is 17.9 Å². The predicted molar refractivity (Wildman–Crippen MR) is 64.0 cm³/mol. The molecule has 0 bridgehead atoms. The summed E-state index contributed by atoms with van der Waals surface area (Å²) < 4.78 is 14.6. The summed E-state index contributed by atoms with van der Waals surface area (Å²) in [5.74, 6) is -1.24. The van der Waals surface area contributed by atoms with Crippen molar-refractivity contribution in [2.24, 2.45) is 0 Å². The van der Waals surface area contributed by atoms with Gasteiger partial charge in [-0.3, -0.25) is 14.4 Å². The average molecular weight is 266 g/mol. The van der Waals surface area contributed by atoms with Crippen LogP contribution in [0, 0.1) is 0 Å². The molecule has 6 nitrogen and oxygen atoms in total. The van der Waals surface area contributed by atoms with Crippen LogP contribution < -0.4 is 4.74 Å². The smallest absolute Gasteiger partial charge is 0.308 e. The van der Waals surface area contributed by atoms with Gasteiger partial charge in [-0.15, -0.1) is 0 Å². The van der Waals surface area contributed by atoms with Gasteiger partial charge in [-0.25, -0.2) is 0 Å². The fourth-order valence-corrected chi connectivity index (χ4v) is 1.32. The van der Waals surface area contributed by atoms with E-state index in [0.29, 0.717) is 11.3 Å². The second-order valence-corrected chi connectivity index (χ2v) is 3.71. The first-order chi connectivity index (χ1) is 8.88. The summed E-state index contributed by atoms with van der Waals surface area (Å²) >= 11 is 0. The molecule has 0 saturated heterocycles. The molecule has 0 aromatic heterocycles. The second-order valence-electron chi connectivity index (χ2n) is 3.71. The first-order valence-electron chi connectivity index (χ1n) is 5.51. The van der Waals surface area contributed by atoms with E-state index in [2.05, 4.69) is 0 Å². The van der Waals surface area contributed by atoms with Gasteiger partial charge in [0.1, 0.15) is 5.75 Å². The molecule has 0 radical (unpaired) electrons. The molecule has 1 aromatic rings. The lowest BCUT2D eigenvalue weighted by Crippen LogP contribution is -2.15. The molecule has 1 rings (SSSR count). The summed E-state index contributed by atoms with van der Waals surface area (Å²) in [5, 5.41) is 0. The summed E-state index contributed by atoms with van der Waals surface area (Å²) in [5.41, 5.74) is 0.460. The molecule has 0 amide bonds. The molecule has 102 valence electrons. The minimum Gasteiger partial charge on any atom is -0.427 e. The Balaban J connectivity index is 2.86. The molecule has 0 fully saturated rings. The Labute approximate surface area is 110 Å². The van der Waals surface area contributed by atoms with Gasteiger partial charge in [-0.1, -0.05) is 0 Å². The predicted octanol–water partition coefficient (Wildman–Crippen LogP) is 1.74. The minimum atomic E-state index is -1.11. The van der Waals surface area contributed by atoms with E-state index >= 15 is 0 Å².